The van der Waals surface area contributed by atoms with E-state index in [1.54, 1.807) is 47.9 Å². The molecule has 2 aromatic heterocycles. The second-order valence-corrected chi connectivity index (χ2v) is 7.18. The molecule has 0 saturated carbocycles. The standard InChI is InChI=1S/C16H15N3O3S/c1-11-15(19-10-6-5-9-14(19)17-11)16(20)18-12-7-3-4-8-13(12)23(2,21)22/h3-10H,1-2H3,(H,18,20). The van der Waals surface area contributed by atoms with Crippen LogP contribution >= 0.6 is 0 Å². The molecule has 0 spiro atoms. The smallest absolute Gasteiger partial charge is 0.274 e. The molecule has 0 unspecified atom stereocenters. The van der Waals surface area contributed by atoms with Crippen LogP contribution in [-0.2, 0) is 9.84 Å². The molecule has 0 atom stereocenters. The van der Waals surface area contributed by atoms with Crippen molar-refractivity contribution in [3.05, 3.63) is 60.0 Å². The number of fused-ring (bicyclic) bond motifs is 1. The van der Waals surface area contributed by atoms with Crippen molar-refractivity contribution in [1.29, 1.82) is 0 Å². The number of nitrogens with zero attached hydrogens (tertiary/aromatic N) is 2. The largest absolute Gasteiger partial charge is 0.319 e. The van der Waals surface area contributed by atoms with E-state index in [1.165, 1.54) is 6.07 Å². The van der Waals surface area contributed by atoms with Gasteiger partial charge in [-0.3, -0.25) is 9.20 Å². The van der Waals surface area contributed by atoms with E-state index in [2.05, 4.69) is 10.3 Å². The molecule has 1 N–H and O–H groups in total. The second-order valence-electron chi connectivity index (χ2n) is 5.20. The number of nitrogens with one attached hydrogen (secondary N) is 1. The number of aromatic nitrogens is 2. The summed E-state index contributed by atoms with van der Waals surface area (Å²) in [6.07, 6.45) is 2.85. The lowest BCUT2D eigenvalue weighted by atomic mass is 10.3. The number of amides is 1. The van der Waals surface area contributed by atoms with Gasteiger partial charge in [0.1, 0.15) is 11.3 Å². The van der Waals surface area contributed by atoms with Crippen molar-refractivity contribution in [1.82, 2.24) is 9.38 Å². The summed E-state index contributed by atoms with van der Waals surface area (Å²) in [6.45, 7) is 1.74. The van der Waals surface area contributed by atoms with Gasteiger partial charge in [0.05, 0.1) is 16.3 Å². The van der Waals surface area contributed by atoms with Crippen molar-refractivity contribution in [2.45, 2.75) is 11.8 Å². The summed E-state index contributed by atoms with van der Waals surface area (Å²) in [5.74, 6) is -0.405. The van der Waals surface area contributed by atoms with E-state index in [0.717, 1.165) is 6.26 Å². The molecular weight excluding hydrogens is 314 g/mol. The summed E-state index contributed by atoms with van der Waals surface area (Å²) in [4.78, 5) is 17.0. The summed E-state index contributed by atoms with van der Waals surface area (Å²) in [5.41, 5.74) is 1.87. The summed E-state index contributed by atoms with van der Waals surface area (Å²) < 4.78 is 25.3. The fourth-order valence-electron chi connectivity index (χ4n) is 2.46. The maximum Gasteiger partial charge on any atom is 0.274 e. The molecule has 0 fully saturated rings. The van der Waals surface area contributed by atoms with Crippen LogP contribution in [0.5, 0.6) is 0 Å². The molecule has 0 aliphatic rings. The fourth-order valence-corrected chi connectivity index (χ4v) is 3.31. The highest BCUT2D eigenvalue weighted by atomic mass is 32.2. The molecule has 0 aliphatic heterocycles. The molecule has 0 saturated heterocycles. The van der Waals surface area contributed by atoms with Gasteiger partial charge in [0.15, 0.2) is 9.84 Å². The number of rotatable bonds is 3. The monoisotopic (exact) mass is 329 g/mol. The lowest BCUT2D eigenvalue weighted by molar-refractivity contribution is 0.102. The molecule has 7 heteroatoms. The number of imidazole rings is 1. The Balaban J connectivity index is 2.05. The van der Waals surface area contributed by atoms with E-state index in [-0.39, 0.29) is 10.6 Å². The first-order valence-electron chi connectivity index (χ1n) is 6.92. The zero-order valence-electron chi connectivity index (χ0n) is 12.6. The van der Waals surface area contributed by atoms with Crippen LogP contribution in [0.2, 0.25) is 0 Å². The minimum Gasteiger partial charge on any atom is -0.319 e. The Hall–Kier alpha value is -2.67. The molecule has 3 aromatic rings. The van der Waals surface area contributed by atoms with Gasteiger partial charge in [0.2, 0.25) is 0 Å². The van der Waals surface area contributed by atoms with Gasteiger partial charge in [-0.05, 0) is 31.2 Å². The number of carbonyl (C=O) groups excluding carboxylic acids is 1. The van der Waals surface area contributed by atoms with Crippen LogP contribution in [0.4, 0.5) is 5.69 Å². The maximum atomic E-state index is 12.6. The number of hydrogen-bond acceptors (Lipinski definition) is 4. The van der Waals surface area contributed by atoms with Crippen molar-refractivity contribution < 1.29 is 13.2 Å². The third-order valence-electron chi connectivity index (χ3n) is 3.45. The molecule has 3 rings (SSSR count). The predicted octanol–water partition coefficient (Wildman–Crippen LogP) is 2.30. The maximum absolute atomic E-state index is 12.6. The number of hydrogen-bond donors (Lipinski definition) is 1. The summed E-state index contributed by atoms with van der Waals surface area (Å²) in [6, 6.07) is 11.8. The van der Waals surface area contributed by atoms with E-state index in [0.29, 0.717) is 17.0 Å². The third-order valence-corrected chi connectivity index (χ3v) is 4.61. The quantitative estimate of drug-likeness (QED) is 0.799. The van der Waals surface area contributed by atoms with E-state index in [9.17, 15) is 13.2 Å². The summed E-state index contributed by atoms with van der Waals surface area (Å²) in [7, 11) is -3.44. The first kappa shape index (κ1) is 15.2. The number of aryl methyl sites for hydroxylation is 1. The van der Waals surface area contributed by atoms with Gasteiger partial charge in [-0.2, -0.15) is 0 Å². The van der Waals surface area contributed by atoms with Crippen LogP contribution < -0.4 is 5.32 Å². The predicted molar refractivity (Wildman–Crippen MR) is 87.4 cm³/mol. The number of carbonyl (C=O) groups is 1. The normalized spacial score (nSPS) is 11.6. The van der Waals surface area contributed by atoms with Gasteiger partial charge >= 0.3 is 0 Å². The topological polar surface area (TPSA) is 80.5 Å². The molecule has 2 heterocycles. The number of sulfone groups is 1. The first-order chi connectivity index (χ1) is 10.9. The van der Waals surface area contributed by atoms with Gasteiger partial charge in [-0.1, -0.05) is 18.2 Å². The van der Waals surface area contributed by atoms with Gasteiger partial charge in [-0.25, -0.2) is 13.4 Å². The van der Waals surface area contributed by atoms with Crippen LogP contribution in [0.25, 0.3) is 5.65 Å². The zero-order chi connectivity index (χ0) is 16.6. The number of pyridine rings is 1. The third kappa shape index (κ3) is 2.83. The van der Waals surface area contributed by atoms with Crippen LogP contribution in [0.15, 0.2) is 53.6 Å². The van der Waals surface area contributed by atoms with Crippen LogP contribution in [0.1, 0.15) is 16.2 Å². The van der Waals surface area contributed by atoms with Gasteiger partial charge in [0.25, 0.3) is 5.91 Å². The van der Waals surface area contributed by atoms with E-state index in [1.807, 2.05) is 6.07 Å². The average Bonchev–Trinajstić information content (AvgIpc) is 2.82. The summed E-state index contributed by atoms with van der Waals surface area (Å²) >= 11 is 0. The lowest BCUT2D eigenvalue weighted by Crippen LogP contribution is -2.17. The fraction of sp³-hybridized carbons (Fsp3) is 0.125. The number of anilines is 1. The lowest BCUT2D eigenvalue weighted by Gasteiger charge is -2.10. The Morgan fingerprint density at radius 3 is 2.57 bits per heavy atom. The molecule has 1 aromatic carbocycles. The van der Waals surface area contributed by atoms with E-state index < -0.39 is 15.7 Å². The second kappa shape index (κ2) is 5.51. The van der Waals surface area contributed by atoms with Gasteiger partial charge < -0.3 is 5.32 Å². The molecule has 23 heavy (non-hydrogen) atoms. The molecule has 0 aliphatic carbocycles. The molecule has 6 nitrogen and oxygen atoms in total. The molecule has 1 amide bonds. The zero-order valence-corrected chi connectivity index (χ0v) is 13.5. The van der Waals surface area contributed by atoms with Crippen LogP contribution in [-0.4, -0.2) is 30.0 Å². The highest BCUT2D eigenvalue weighted by Crippen LogP contribution is 2.22. The highest BCUT2D eigenvalue weighted by Gasteiger charge is 2.19. The van der Waals surface area contributed by atoms with Crippen molar-refractivity contribution in [2.24, 2.45) is 0 Å². The molecular formula is C16H15N3O3S. The minimum absolute atomic E-state index is 0.0832. The van der Waals surface area contributed by atoms with Crippen LogP contribution in [0.3, 0.4) is 0 Å². The Labute approximate surface area is 133 Å². The van der Waals surface area contributed by atoms with Crippen molar-refractivity contribution in [2.75, 3.05) is 11.6 Å². The molecule has 118 valence electrons. The van der Waals surface area contributed by atoms with E-state index in [4.69, 9.17) is 0 Å². The van der Waals surface area contributed by atoms with Gasteiger partial charge in [0, 0.05) is 12.5 Å². The molecule has 0 bridgehead atoms. The first-order valence-corrected chi connectivity index (χ1v) is 8.81. The highest BCUT2D eigenvalue weighted by molar-refractivity contribution is 7.90. The van der Waals surface area contributed by atoms with Gasteiger partial charge in [-0.15, -0.1) is 0 Å². The molecule has 0 radical (unpaired) electrons. The Morgan fingerprint density at radius 1 is 1.13 bits per heavy atom. The summed E-state index contributed by atoms with van der Waals surface area (Å²) in [5, 5.41) is 2.67. The number of para-hydroxylation sites is 1. The Bertz CT molecular complexity index is 1010. The Morgan fingerprint density at radius 2 is 1.83 bits per heavy atom. The van der Waals surface area contributed by atoms with Crippen LogP contribution in [0, 0.1) is 6.92 Å². The van der Waals surface area contributed by atoms with Crippen molar-refractivity contribution in [3.63, 3.8) is 0 Å². The van der Waals surface area contributed by atoms with Crippen molar-refractivity contribution in [3.8, 4) is 0 Å². The SMILES string of the molecule is Cc1nc2ccccn2c1C(=O)Nc1ccccc1S(C)(=O)=O. The number of benzene rings is 1. The average molecular weight is 329 g/mol. The van der Waals surface area contributed by atoms with E-state index >= 15 is 0 Å². The van der Waals surface area contributed by atoms with Crippen molar-refractivity contribution >= 4 is 27.1 Å². The minimum atomic E-state index is -3.44. The Kier molecular flexibility index (Phi) is 3.65.